The predicted octanol–water partition coefficient (Wildman–Crippen LogP) is 3.66. The van der Waals surface area contributed by atoms with Crippen LogP contribution in [0.3, 0.4) is 0 Å². The molecular formula is C18H22ClN5. The van der Waals surface area contributed by atoms with E-state index < -0.39 is 0 Å². The largest absolute Gasteiger partial charge is 0.340 e. The highest BCUT2D eigenvalue weighted by Crippen LogP contribution is 2.26. The van der Waals surface area contributed by atoms with Gasteiger partial charge >= 0.3 is 0 Å². The molecule has 3 heterocycles. The first-order chi connectivity index (χ1) is 11.7. The molecule has 0 spiro atoms. The van der Waals surface area contributed by atoms with Crippen molar-refractivity contribution in [2.24, 2.45) is 0 Å². The summed E-state index contributed by atoms with van der Waals surface area (Å²) < 4.78 is 2.23. The quantitative estimate of drug-likeness (QED) is 0.786. The van der Waals surface area contributed by atoms with Crippen molar-refractivity contribution in [2.75, 3.05) is 19.6 Å². The van der Waals surface area contributed by atoms with Crippen LogP contribution in [0.2, 0.25) is 5.02 Å². The number of benzene rings is 1. The van der Waals surface area contributed by atoms with Gasteiger partial charge in [-0.2, -0.15) is 0 Å². The lowest BCUT2D eigenvalue weighted by molar-refractivity contribution is 0.212. The van der Waals surface area contributed by atoms with Crippen LogP contribution in [-0.2, 0) is 6.54 Å². The molecule has 0 aliphatic carbocycles. The second kappa shape index (κ2) is 6.57. The molecule has 1 saturated heterocycles. The summed E-state index contributed by atoms with van der Waals surface area (Å²) in [6.07, 6.45) is 6.41. The van der Waals surface area contributed by atoms with Gasteiger partial charge in [0.2, 0.25) is 0 Å². The van der Waals surface area contributed by atoms with Crippen LogP contribution in [0.1, 0.15) is 37.3 Å². The monoisotopic (exact) mass is 343 g/mol. The summed E-state index contributed by atoms with van der Waals surface area (Å²) >= 11 is 6.06. The highest BCUT2D eigenvalue weighted by molar-refractivity contribution is 6.31. The maximum atomic E-state index is 6.06. The van der Waals surface area contributed by atoms with E-state index in [0.717, 1.165) is 35.0 Å². The maximum Gasteiger partial charge on any atom is 0.127 e. The van der Waals surface area contributed by atoms with Gasteiger partial charge in [0.05, 0.1) is 17.6 Å². The lowest BCUT2D eigenvalue weighted by atomic mass is 9.97. The molecule has 2 aromatic heterocycles. The van der Waals surface area contributed by atoms with Crippen LogP contribution in [0.15, 0.2) is 30.6 Å². The second-order valence-electron chi connectivity index (χ2n) is 6.49. The summed E-state index contributed by atoms with van der Waals surface area (Å²) in [6, 6.07) is 5.74. The van der Waals surface area contributed by atoms with E-state index in [4.69, 9.17) is 11.6 Å². The number of rotatable bonds is 4. The van der Waals surface area contributed by atoms with E-state index in [-0.39, 0.29) is 0 Å². The molecule has 1 aliphatic heterocycles. The van der Waals surface area contributed by atoms with Gasteiger partial charge in [0.25, 0.3) is 0 Å². The van der Waals surface area contributed by atoms with Gasteiger partial charge in [0.15, 0.2) is 0 Å². The molecule has 1 N–H and O–H groups in total. The Hall–Kier alpha value is -1.85. The minimum Gasteiger partial charge on any atom is -0.340 e. The first-order valence-electron chi connectivity index (χ1n) is 8.60. The molecule has 3 aromatic rings. The van der Waals surface area contributed by atoms with Crippen molar-refractivity contribution < 1.29 is 0 Å². The lowest BCUT2D eigenvalue weighted by Gasteiger charge is -2.31. The number of imidazole rings is 2. The fourth-order valence-electron chi connectivity index (χ4n) is 3.64. The number of aromatic amines is 1. The van der Waals surface area contributed by atoms with Gasteiger partial charge in [-0.3, -0.25) is 0 Å². The number of likely N-dealkylation sites (N-methyl/N-ethyl adjacent to an activating group) is 1. The average Bonchev–Trinajstić information content (AvgIpc) is 3.21. The lowest BCUT2D eigenvalue weighted by Crippen LogP contribution is -2.35. The third-order valence-corrected chi connectivity index (χ3v) is 5.11. The SMILES string of the molecule is CCN1CCC[C@H](c2nccn2Cc2nc3ccc(Cl)cc3[nH]2)C1. The van der Waals surface area contributed by atoms with E-state index >= 15 is 0 Å². The molecule has 1 aromatic carbocycles. The smallest absolute Gasteiger partial charge is 0.127 e. The van der Waals surface area contributed by atoms with Crippen LogP contribution in [0.4, 0.5) is 0 Å². The normalized spacial score (nSPS) is 19.2. The van der Waals surface area contributed by atoms with Gasteiger partial charge in [-0.25, -0.2) is 9.97 Å². The van der Waals surface area contributed by atoms with E-state index in [1.807, 2.05) is 24.4 Å². The van der Waals surface area contributed by atoms with Crippen molar-refractivity contribution in [3.63, 3.8) is 0 Å². The zero-order valence-corrected chi connectivity index (χ0v) is 14.6. The maximum absolute atomic E-state index is 6.06. The van der Waals surface area contributed by atoms with Gasteiger partial charge in [-0.1, -0.05) is 18.5 Å². The number of hydrogen-bond donors (Lipinski definition) is 1. The summed E-state index contributed by atoms with van der Waals surface area (Å²) in [7, 11) is 0. The number of nitrogens with zero attached hydrogens (tertiary/aromatic N) is 4. The number of halogens is 1. The molecule has 0 bridgehead atoms. The van der Waals surface area contributed by atoms with E-state index in [1.54, 1.807) is 0 Å². The molecule has 24 heavy (non-hydrogen) atoms. The predicted molar refractivity (Wildman–Crippen MR) is 96.5 cm³/mol. The first-order valence-corrected chi connectivity index (χ1v) is 8.98. The van der Waals surface area contributed by atoms with E-state index in [0.29, 0.717) is 12.5 Å². The van der Waals surface area contributed by atoms with Crippen molar-refractivity contribution >= 4 is 22.6 Å². The molecular weight excluding hydrogens is 322 g/mol. The summed E-state index contributed by atoms with van der Waals surface area (Å²) in [6.45, 7) is 6.36. The topological polar surface area (TPSA) is 49.7 Å². The standard InChI is InChI=1S/C18H22ClN5/c1-2-23-8-3-4-13(11-23)18-20-7-9-24(18)12-17-21-15-6-5-14(19)10-16(15)22-17/h5-7,9-10,13H,2-4,8,11-12H2,1H3,(H,21,22)/t13-/m0/s1. The van der Waals surface area contributed by atoms with Crippen molar-refractivity contribution in [3.05, 3.63) is 47.3 Å². The summed E-state index contributed by atoms with van der Waals surface area (Å²) in [5.41, 5.74) is 1.93. The second-order valence-corrected chi connectivity index (χ2v) is 6.93. The molecule has 6 heteroatoms. The van der Waals surface area contributed by atoms with Gasteiger partial charge in [-0.05, 0) is 44.1 Å². The Morgan fingerprint density at radius 1 is 1.38 bits per heavy atom. The average molecular weight is 344 g/mol. The van der Waals surface area contributed by atoms with Crippen LogP contribution < -0.4 is 0 Å². The van der Waals surface area contributed by atoms with E-state index in [9.17, 15) is 0 Å². The number of hydrogen-bond acceptors (Lipinski definition) is 3. The third-order valence-electron chi connectivity index (χ3n) is 4.88. The Morgan fingerprint density at radius 2 is 2.29 bits per heavy atom. The van der Waals surface area contributed by atoms with Crippen molar-refractivity contribution in [1.29, 1.82) is 0 Å². The molecule has 126 valence electrons. The Balaban J connectivity index is 1.57. The number of nitrogens with one attached hydrogen (secondary N) is 1. The Kier molecular flexibility index (Phi) is 4.29. The molecule has 5 nitrogen and oxygen atoms in total. The molecule has 1 fully saturated rings. The molecule has 1 atom stereocenters. The molecule has 0 amide bonds. The third kappa shape index (κ3) is 3.06. The molecule has 1 aliphatic rings. The molecule has 0 unspecified atom stereocenters. The first kappa shape index (κ1) is 15.7. The minimum absolute atomic E-state index is 0.507. The van der Waals surface area contributed by atoms with Crippen LogP contribution in [-0.4, -0.2) is 44.1 Å². The highest BCUT2D eigenvalue weighted by Gasteiger charge is 2.24. The van der Waals surface area contributed by atoms with E-state index in [2.05, 4.69) is 37.5 Å². The van der Waals surface area contributed by atoms with Gasteiger partial charge in [-0.15, -0.1) is 0 Å². The number of piperidine rings is 1. The van der Waals surface area contributed by atoms with Crippen molar-refractivity contribution in [1.82, 2.24) is 24.4 Å². The Bertz CT molecular complexity index is 837. The Morgan fingerprint density at radius 3 is 3.17 bits per heavy atom. The Labute approximate surface area is 146 Å². The van der Waals surface area contributed by atoms with Crippen LogP contribution in [0.25, 0.3) is 11.0 Å². The zero-order valence-electron chi connectivity index (χ0n) is 13.9. The molecule has 0 radical (unpaired) electrons. The summed E-state index contributed by atoms with van der Waals surface area (Å²) in [4.78, 5) is 15.2. The summed E-state index contributed by atoms with van der Waals surface area (Å²) in [5, 5.41) is 0.725. The van der Waals surface area contributed by atoms with Crippen LogP contribution >= 0.6 is 11.6 Å². The molecule has 0 saturated carbocycles. The minimum atomic E-state index is 0.507. The van der Waals surface area contributed by atoms with Crippen LogP contribution in [0, 0.1) is 0 Å². The van der Waals surface area contributed by atoms with Gasteiger partial charge in [0, 0.05) is 29.9 Å². The fourth-order valence-corrected chi connectivity index (χ4v) is 3.81. The summed E-state index contributed by atoms with van der Waals surface area (Å²) in [5.74, 6) is 2.62. The van der Waals surface area contributed by atoms with Gasteiger partial charge in [0.1, 0.15) is 11.6 Å². The fraction of sp³-hybridized carbons (Fsp3) is 0.444. The highest BCUT2D eigenvalue weighted by atomic mass is 35.5. The molecule has 4 rings (SSSR count). The number of likely N-dealkylation sites (tertiary alicyclic amines) is 1. The van der Waals surface area contributed by atoms with Crippen LogP contribution in [0.5, 0.6) is 0 Å². The number of aromatic nitrogens is 4. The van der Waals surface area contributed by atoms with E-state index in [1.165, 1.54) is 25.2 Å². The number of fused-ring (bicyclic) bond motifs is 1. The number of H-pyrrole nitrogens is 1. The van der Waals surface area contributed by atoms with Crippen molar-refractivity contribution in [2.45, 2.75) is 32.2 Å². The van der Waals surface area contributed by atoms with Crippen molar-refractivity contribution in [3.8, 4) is 0 Å². The zero-order chi connectivity index (χ0) is 16.5. The van der Waals surface area contributed by atoms with Gasteiger partial charge < -0.3 is 14.5 Å².